The lowest BCUT2D eigenvalue weighted by Gasteiger charge is -2.09. The molecule has 0 aliphatic heterocycles. The highest BCUT2D eigenvalue weighted by Crippen LogP contribution is 2.09. The molecule has 0 saturated carbocycles. The van der Waals surface area contributed by atoms with Crippen molar-refractivity contribution in [3.05, 3.63) is 36.2 Å². The molecular weight excluding hydrogens is 190 g/mol. The summed E-state index contributed by atoms with van der Waals surface area (Å²) < 4.78 is 6.82. The fraction of sp³-hybridized carbons (Fsp3) is 0.417. The SMILES string of the molecule is C=C(CC)Cn1cccc1C(=O)OCC. The van der Waals surface area contributed by atoms with E-state index in [1.54, 1.807) is 13.0 Å². The largest absolute Gasteiger partial charge is 0.461 e. The van der Waals surface area contributed by atoms with Gasteiger partial charge < -0.3 is 9.30 Å². The van der Waals surface area contributed by atoms with E-state index in [9.17, 15) is 4.79 Å². The number of allylic oxidation sites excluding steroid dienone is 1. The van der Waals surface area contributed by atoms with Crippen molar-refractivity contribution in [2.75, 3.05) is 6.61 Å². The third-order valence-electron chi connectivity index (χ3n) is 2.21. The van der Waals surface area contributed by atoms with Crippen LogP contribution in [0.15, 0.2) is 30.5 Å². The minimum absolute atomic E-state index is 0.272. The van der Waals surface area contributed by atoms with E-state index in [4.69, 9.17) is 4.74 Å². The molecule has 0 unspecified atom stereocenters. The Balaban J connectivity index is 2.77. The normalized spacial score (nSPS) is 10.0. The van der Waals surface area contributed by atoms with Crippen LogP contribution in [0.1, 0.15) is 30.8 Å². The average Bonchev–Trinajstić information content (AvgIpc) is 2.66. The predicted octanol–water partition coefficient (Wildman–Crippen LogP) is 2.63. The van der Waals surface area contributed by atoms with Crippen LogP contribution in [0.4, 0.5) is 0 Å². The molecule has 0 aliphatic rings. The lowest BCUT2D eigenvalue weighted by atomic mass is 10.2. The second-order valence-electron chi connectivity index (χ2n) is 3.35. The Labute approximate surface area is 90.4 Å². The van der Waals surface area contributed by atoms with Crippen molar-refractivity contribution in [2.24, 2.45) is 0 Å². The molecule has 82 valence electrons. The van der Waals surface area contributed by atoms with E-state index in [0.29, 0.717) is 18.8 Å². The molecular formula is C12H17NO2. The first-order chi connectivity index (χ1) is 7.19. The maximum Gasteiger partial charge on any atom is 0.354 e. The summed E-state index contributed by atoms with van der Waals surface area (Å²) in [5.74, 6) is -0.272. The zero-order chi connectivity index (χ0) is 11.3. The summed E-state index contributed by atoms with van der Waals surface area (Å²) in [4.78, 5) is 11.5. The summed E-state index contributed by atoms with van der Waals surface area (Å²) in [7, 11) is 0. The lowest BCUT2D eigenvalue weighted by Crippen LogP contribution is -2.12. The summed E-state index contributed by atoms with van der Waals surface area (Å²) in [6.45, 7) is 8.85. The molecule has 0 atom stereocenters. The molecule has 3 nitrogen and oxygen atoms in total. The Kier molecular flexibility index (Phi) is 4.16. The number of esters is 1. The number of hydrogen-bond donors (Lipinski definition) is 0. The third kappa shape index (κ3) is 2.98. The number of aromatic nitrogens is 1. The molecule has 0 aromatic carbocycles. The van der Waals surface area contributed by atoms with Crippen molar-refractivity contribution in [1.29, 1.82) is 0 Å². The molecule has 15 heavy (non-hydrogen) atoms. The Morgan fingerprint density at radius 2 is 2.27 bits per heavy atom. The fourth-order valence-electron chi connectivity index (χ4n) is 1.30. The maximum absolute atomic E-state index is 11.5. The molecule has 0 bridgehead atoms. The Morgan fingerprint density at radius 1 is 1.53 bits per heavy atom. The highest BCUT2D eigenvalue weighted by Gasteiger charge is 2.11. The molecule has 1 rings (SSSR count). The average molecular weight is 207 g/mol. The van der Waals surface area contributed by atoms with Crippen LogP contribution in [0.5, 0.6) is 0 Å². The Hall–Kier alpha value is -1.51. The van der Waals surface area contributed by atoms with Crippen molar-refractivity contribution in [3.8, 4) is 0 Å². The quantitative estimate of drug-likeness (QED) is 0.549. The minimum atomic E-state index is -0.272. The molecule has 0 N–H and O–H groups in total. The number of rotatable bonds is 5. The van der Waals surface area contributed by atoms with Gasteiger partial charge in [-0.3, -0.25) is 0 Å². The number of ether oxygens (including phenoxy) is 1. The second kappa shape index (κ2) is 5.39. The highest BCUT2D eigenvalue weighted by atomic mass is 16.5. The van der Waals surface area contributed by atoms with Gasteiger partial charge >= 0.3 is 5.97 Å². The summed E-state index contributed by atoms with van der Waals surface area (Å²) in [6, 6.07) is 3.61. The van der Waals surface area contributed by atoms with E-state index in [0.717, 1.165) is 12.0 Å². The summed E-state index contributed by atoms with van der Waals surface area (Å²) in [5, 5.41) is 0. The standard InChI is InChI=1S/C12H17NO2/c1-4-10(3)9-13-8-6-7-11(13)12(14)15-5-2/h6-8H,3-5,9H2,1-2H3. The third-order valence-corrected chi connectivity index (χ3v) is 2.21. The van der Waals surface area contributed by atoms with E-state index in [2.05, 4.69) is 13.5 Å². The molecule has 3 heteroatoms. The summed E-state index contributed by atoms with van der Waals surface area (Å²) in [5.41, 5.74) is 1.68. The van der Waals surface area contributed by atoms with E-state index in [1.165, 1.54) is 0 Å². The minimum Gasteiger partial charge on any atom is -0.461 e. The van der Waals surface area contributed by atoms with E-state index in [-0.39, 0.29) is 5.97 Å². The van der Waals surface area contributed by atoms with Gasteiger partial charge in [0.25, 0.3) is 0 Å². The van der Waals surface area contributed by atoms with Gasteiger partial charge in [-0.15, -0.1) is 0 Å². The monoisotopic (exact) mass is 207 g/mol. The lowest BCUT2D eigenvalue weighted by molar-refractivity contribution is 0.0514. The zero-order valence-electron chi connectivity index (χ0n) is 9.32. The maximum atomic E-state index is 11.5. The van der Waals surface area contributed by atoms with Gasteiger partial charge in [-0.1, -0.05) is 19.1 Å². The van der Waals surface area contributed by atoms with Gasteiger partial charge in [0.1, 0.15) is 5.69 Å². The topological polar surface area (TPSA) is 31.2 Å². The van der Waals surface area contributed by atoms with Crippen molar-refractivity contribution in [2.45, 2.75) is 26.8 Å². The molecule has 0 fully saturated rings. The van der Waals surface area contributed by atoms with Crippen LogP contribution in [-0.2, 0) is 11.3 Å². The van der Waals surface area contributed by atoms with Gasteiger partial charge in [0.05, 0.1) is 6.61 Å². The van der Waals surface area contributed by atoms with E-state index < -0.39 is 0 Å². The van der Waals surface area contributed by atoms with Crippen LogP contribution in [0, 0.1) is 0 Å². The van der Waals surface area contributed by atoms with Crippen LogP contribution < -0.4 is 0 Å². The zero-order valence-corrected chi connectivity index (χ0v) is 9.32. The number of hydrogen-bond acceptors (Lipinski definition) is 2. The van der Waals surface area contributed by atoms with Crippen LogP contribution in [0.2, 0.25) is 0 Å². The molecule has 0 aliphatic carbocycles. The van der Waals surface area contributed by atoms with Gasteiger partial charge in [-0.2, -0.15) is 0 Å². The highest BCUT2D eigenvalue weighted by molar-refractivity contribution is 5.87. The van der Waals surface area contributed by atoms with Crippen LogP contribution in [0.3, 0.4) is 0 Å². The molecule has 0 spiro atoms. The van der Waals surface area contributed by atoms with Crippen molar-refractivity contribution < 1.29 is 9.53 Å². The van der Waals surface area contributed by atoms with Gasteiger partial charge in [-0.05, 0) is 25.5 Å². The van der Waals surface area contributed by atoms with Crippen molar-refractivity contribution in [3.63, 3.8) is 0 Å². The molecule has 0 radical (unpaired) electrons. The first kappa shape index (κ1) is 11.6. The van der Waals surface area contributed by atoms with Crippen molar-refractivity contribution in [1.82, 2.24) is 4.57 Å². The number of carbonyl (C=O) groups excluding carboxylic acids is 1. The predicted molar refractivity (Wildman–Crippen MR) is 59.8 cm³/mol. The first-order valence-electron chi connectivity index (χ1n) is 5.18. The van der Waals surface area contributed by atoms with Crippen LogP contribution in [-0.4, -0.2) is 17.1 Å². The summed E-state index contributed by atoms with van der Waals surface area (Å²) >= 11 is 0. The van der Waals surface area contributed by atoms with Crippen molar-refractivity contribution >= 4 is 5.97 Å². The van der Waals surface area contributed by atoms with Crippen LogP contribution in [0.25, 0.3) is 0 Å². The van der Waals surface area contributed by atoms with Gasteiger partial charge in [0.2, 0.25) is 0 Å². The fourth-order valence-corrected chi connectivity index (χ4v) is 1.30. The molecule has 0 saturated heterocycles. The molecule has 1 aromatic heterocycles. The van der Waals surface area contributed by atoms with Gasteiger partial charge in [0.15, 0.2) is 0 Å². The van der Waals surface area contributed by atoms with E-state index in [1.807, 2.05) is 16.8 Å². The second-order valence-corrected chi connectivity index (χ2v) is 3.35. The first-order valence-corrected chi connectivity index (χ1v) is 5.18. The number of carbonyl (C=O) groups is 1. The Morgan fingerprint density at radius 3 is 2.87 bits per heavy atom. The molecule has 0 amide bonds. The van der Waals surface area contributed by atoms with Crippen LogP contribution >= 0.6 is 0 Å². The number of nitrogens with zero attached hydrogens (tertiary/aromatic N) is 1. The van der Waals surface area contributed by atoms with Gasteiger partial charge in [0, 0.05) is 12.7 Å². The smallest absolute Gasteiger partial charge is 0.354 e. The van der Waals surface area contributed by atoms with E-state index >= 15 is 0 Å². The Bertz CT molecular complexity index is 352. The molecule has 1 aromatic rings. The molecule has 1 heterocycles. The van der Waals surface area contributed by atoms with Gasteiger partial charge in [-0.25, -0.2) is 4.79 Å². The summed E-state index contributed by atoms with van der Waals surface area (Å²) in [6.07, 6.45) is 2.79.